The molecule has 1 aromatic carbocycles. The van der Waals surface area contributed by atoms with E-state index < -0.39 is 0 Å². The highest BCUT2D eigenvalue weighted by Crippen LogP contribution is 2.37. The Labute approximate surface area is 158 Å². The molecule has 128 valence electrons. The predicted molar refractivity (Wildman–Crippen MR) is 102 cm³/mol. The van der Waals surface area contributed by atoms with E-state index in [-0.39, 0.29) is 11.4 Å². The summed E-state index contributed by atoms with van der Waals surface area (Å²) >= 11 is 2.88. The zero-order valence-corrected chi connectivity index (χ0v) is 15.4. The van der Waals surface area contributed by atoms with Crippen LogP contribution in [0.15, 0.2) is 40.2 Å². The van der Waals surface area contributed by atoms with Gasteiger partial charge < -0.3 is 10.5 Å². The zero-order chi connectivity index (χ0) is 18.5. The minimum Gasteiger partial charge on any atom is -0.497 e. The molecular weight excluding hydrogens is 366 g/mol. The lowest BCUT2D eigenvalue weighted by atomic mass is 9.97. The van der Waals surface area contributed by atoms with Crippen LogP contribution < -0.4 is 10.5 Å². The molecule has 0 bridgehead atoms. The number of pyridine rings is 1. The highest BCUT2D eigenvalue weighted by Gasteiger charge is 2.20. The lowest BCUT2D eigenvalue weighted by molar-refractivity contribution is 0.415. The van der Waals surface area contributed by atoms with Crippen LogP contribution in [0.5, 0.6) is 5.75 Å². The van der Waals surface area contributed by atoms with Gasteiger partial charge in [0.1, 0.15) is 34.3 Å². The van der Waals surface area contributed by atoms with Crippen LogP contribution in [0.2, 0.25) is 0 Å². The molecule has 0 saturated carbocycles. The van der Waals surface area contributed by atoms with Crippen molar-refractivity contribution in [2.24, 2.45) is 0 Å². The molecule has 3 aromatic rings. The van der Waals surface area contributed by atoms with Crippen molar-refractivity contribution in [1.82, 2.24) is 9.97 Å². The lowest BCUT2D eigenvalue weighted by Crippen LogP contribution is -2.03. The van der Waals surface area contributed by atoms with Crippen molar-refractivity contribution in [3.8, 4) is 29.0 Å². The number of nitrogens with two attached hydrogens (primary N) is 1. The van der Waals surface area contributed by atoms with Crippen molar-refractivity contribution < 1.29 is 4.74 Å². The average molecular weight is 379 g/mol. The Balaban J connectivity index is 2.11. The van der Waals surface area contributed by atoms with Crippen LogP contribution in [-0.4, -0.2) is 17.1 Å². The fourth-order valence-electron chi connectivity index (χ4n) is 2.40. The topological polar surface area (TPSA) is 109 Å². The summed E-state index contributed by atoms with van der Waals surface area (Å²) < 4.78 is 5.17. The molecule has 0 aliphatic heterocycles. The van der Waals surface area contributed by atoms with E-state index in [9.17, 15) is 10.5 Å². The van der Waals surface area contributed by atoms with E-state index in [4.69, 9.17) is 10.5 Å². The first-order valence-electron chi connectivity index (χ1n) is 7.46. The number of hydrogen-bond donors (Lipinski definition) is 1. The number of aromatic nitrogens is 2. The maximum Gasteiger partial charge on any atom is 0.143 e. The van der Waals surface area contributed by atoms with Gasteiger partial charge in [0.2, 0.25) is 0 Å². The Bertz CT molecular complexity index is 1000. The van der Waals surface area contributed by atoms with Crippen LogP contribution in [-0.2, 0) is 5.75 Å². The van der Waals surface area contributed by atoms with Crippen LogP contribution in [0.4, 0.5) is 5.82 Å². The van der Waals surface area contributed by atoms with Crippen LogP contribution in [0.3, 0.4) is 0 Å². The second kappa shape index (κ2) is 7.87. The van der Waals surface area contributed by atoms with Gasteiger partial charge in [-0.05, 0) is 17.7 Å². The molecule has 0 amide bonds. The van der Waals surface area contributed by atoms with Crippen molar-refractivity contribution in [3.05, 3.63) is 52.0 Å². The molecule has 3 rings (SSSR count). The van der Waals surface area contributed by atoms with Crippen molar-refractivity contribution in [1.29, 1.82) is 10.5 Å². The normalized spacial score (nSPS) is 10.1. The second-order valence-electron chi connectivity index (χ2n) is 5.15. The van der Waals surface area contributed by atoms with Gasteiger partial charge in [-0.2, -0.15) is 10.5 Å². The van der Waals surface area contributed by atoms with Crippen molar-refractivity contribution in [3.63, 3.8) is 0 Å². The Morgan fingerprint density at radius 1 is 1.19 bits per heavy atom. The molecule has 8 heteroatoms. The van der Waals surface area contributed by atoms with Gasteiger partial charge in [0.15, 0.2) is 0 Å². The fourth-order valence-corrected chi connectivity index (χ4v) is 3.96. The zero-order valence-electron chi connectivity index (χ0n) is 13.8. The number of rotatable bonds is 5. The summed E-state index contributed by atoms with van der Waals surface area (Å²) in [4.78, 5) is 8.51. The number of methoxy groups -OCH3 is 1. The largest absolute Gasteiger partial charge is 0.497 e. The monoisotopic (exact) mass is 379 g/mol. The third-order valence-corrected chi connectivity index (χ3v) is 5.28. The summed E-state index contributed by atoms with van der Waals surface area (Å²) in [5.74, 6) is 1.36. The SMILES string of the molecule is COc1ccc(-c2c(C#N)c(N)nc(SCc3cscn3)c2C#N)cc1. The number of anilines is 1. The number of thioether (sulfide) groups is 1. The number of benzene rings is 1. The Kier molecular flexibility index (Phi) is 5.37. The second-order valence-corrected chi connectivity index (χ2v) is 6.83. The number of nitrogen functional groups attached to an aromatic ring is 1. The van der Waals surface area contributed by atoms with E-state index in [1.807, 2.05) is 5.38 Å². The minimum absolute atomic E-state index is 0.109. The summed E-state index contributed by atoms with van der Waals surface area (Å²) in [6, 6.07) is 11.4. The maximum atomic E-state index is 9.74. The summed E-state index contributed by atoms with van der Waals surface area (Å²) in [5, 5.41) is 21.7. The van der Waals surface area contributed by atoms with Gasteiger partial charge in [-0.3, -0.25) is 0 Å². The molecule has 0 saturated heterocycles. The Morgan fingerprint density at radius 2 is 1.92 bits per heavy atom. The van der Waals surface area contributed by atoms with Gasteiger partial charge in [-0.1, -0.05) is 23.9 Å². The minimum atomic E-state index is 0.109. The van der Waals surface area contributed by atoms with Gasteiger partial charge in [0, 0.05) is 16.7 Å². The number of nitriles is 2. The molecule has 0 atom stereocenters. The lowest BCUT2D eigenvalue weighted by Gasteiger charge is -2.13. The van der Waals surface area contributed by atoms with Gasteiger partial charge in [-0.25, -0.2) is 9.97 Å². The van der Waals surface area contributed by atoms with E-state index in [2.05, 4.69) is 22.1 Å². The van der Waals surface area contributed by atoms with Crippen LogP contribution in [0.25, 0.3) is 11.1 Å². The summed E-state index contributed by atoms with van der Waals surface area (Å²) in [7, 11) is 1.58. The highest BCUT2D eigenvalue weighted by molar-refractivity contribution is 7.98. The van der Waals surface area contributed by atoms with Crippen molar-refractivity contribution in [2.75, 3.05) is 12.8 Å². The standard InChI is InChI=1S/C18H13N5OS2/c1-24-13-4-2-11(3-5-13)16-14(6-19)17(21)23-18(15(16)7-20)26-9-12-8-25-10-22-12/h2-5,8,10H,9H2,1H3,(H2,21,23). The summed E-state index contributed by atoms with van der Waals surface area (Å²) in [6.07, 6.45) is 0. The first-order chi connectivity index (χ1) is 12.7. The quantitative estimate of drug-likeness (QED) is 0.671. The van der Waals surface area contributed by atoms with Crippen molar-refractivity contribution in [2.45, 2.75) is 10.8 Å². The van der Waals surface area contributed by atoms with Gasteiger partial charge in [-0.15, -0.1) is 11.3 Å². The summed E-state index contributed by atoms with van der Waals surface area (Å²) in [6.45, 7) is 0. The molecule has 2 aromatic heterocycles. The molecular formula is C18H13N5OS2. The molecule has 0 aliphatic rings. The molecule has 6 nitrogen and oxygen atoms in total. The third kappa shape index (κ3) is 3.47. The number of hydrogen-bond acceptors (Lipinski definition) is 8. The van der Waals surface area contributed by atoms with Crippen molar-refractivity contribution >= 4 is 28.9 Å². The van der Waals surface area contributed by atoms with Crippen LogP contribution >= 0.6 is 23.1 Å². The Hall–Kier alpha value is -3.07. The van der Waals surface area contributed by atoms with Crippen LogP contribution in [0.1, 0.15) is 16.8 Å². The molecule has 2 heterocycles. The van der Waals surface area contributed by atoms with E-state index in [0.29, 0.717) is 33.2 Å². The molecule has 26 heavy (non-hydrogen) atoms. The molecule has 0 spiro atoms. The third-order valence-electron chi connectivity index (χ3n) is 3.63. The van der Waals surface area contributed by atoms with Gasteiger partial charge in [0.05, 0.1) is 23.9 Å². The highest BCUT2D eigenvalue weighted by atomic mass is 32.2. The molecule has 0 radical (unpaired) electrons. The predicted octanol–water partition coefficient (Wildman–Crippen LogP) is 3.83. The van der Waals surface area contributed by atoms with Gasteiger partial charge in [0.25, 0.3) is 0 Å². The molecule has 2 N–H and O–H groups in total. The Morgan fingerprint density at radius 3 is 2.50 bits per heavy atom. The number of nitrogens with zero attached hydrogens (tertiary/aromatic N) is 4. The van der Waals surface area contributed by atoms with E-state index in [1.165, 1.54) is 23.1 Å². The van der Waals surface area contributed by atoms with E-state index in [0.717, 1.165) is 5.69 Å². The maximum absolute atomic E-state index is 9.74. The molecule has 0 unspecified atom stereocenters. The molecule has 0 fully saturated rings. The average Bonchev–Trinajstić information content (AvgIpc) is 3.19. The van der Waals surface area contributed by atoms with E-state index >= 15 is 0 Å². The first kappa shape index (κ1) is 17.7. The number of ether oxygens (including phenoxy) is 1. The summed E-state index contributed by atoms with van der Waals surface area (Å²) in [5.41, 5.74) is 10.4. The smallest absolute Gasteiger partial charge is 0.143 e. The molecule has 0 aliphatic carbocycles. The van der Waals surface area contributed by atoms with Gasteiger partial charge >= 0.3 is 0 Å². The number of thiazole rings is 1. The fraction of sp³-hybridized carbons (Fsp3) is 0.111. The van der Waals surface area contributed by atoms with E-state index in [1.54, 1.807) is 36.9 Å². The van der Waals surface area contributed by atoms with Crippen LogP contribution in [0, 0.1) is 22.7 Å². The first-order valence-corrected chi connectivity index (χ1v) is 9.38.